The number of ether oxygens (including phenoxy) is 1. The number of nitrogens with zero attached hydrogens (tertiary/aromatic N) is 6. The zero-order chi connectivity index (χ0) is 20.2. The number of para-hydroxylation sites is 1. The van der Waals surface area contributed by atoms with E-state index in [1.165, 1.54) is 0 Å². The summed E-state index contributed by atoms with van der Waals surface area (Å²) in [5, 5.41) is 4.49. The predicted molar refractivity (Wildman–Crippen MR) is 109 cm³/mol. The molecular weight excluding hydrogens is 368 g/mol. The summed E-state index contributed by atoms with van der Waals surface area (Å²) in [5.74, 6) is 2.29. The third kappa shape index (κ3) is 4.37. The lowest BCUT2D eigenvalue weighted by molar-refractivity contribution is -0.133. The molecule has 0 bridgehead atoms. The van der Waals surface area contributed by atoms with Crippen LogP contribution in [0.4, 0.5) is 5.82 Å². The van der Waals surface area contributed by atoms with Gasteiger partial charge in [-0.2, -0.15) is 5.10 Å². The zero-order valence-corrected chi connectivity index (χ0v) is 16.7. The highest BCUT2D eigenvalue weighted by Gasteiger charge is 2.22. The SMILES string of the molecule is Cc1cc(C)n(-c2cc(N3CCN(C(=O)COc4ccccc4)CC3)ncn2)n1. The quantitative estimate of drug-likeness (QED) is 0.661. The second-order valence-corrected chi connectivity index (χ2v) is 7.04. The number of benzene rings is 1. The first-order valence-corrected chi connectivity index (χ1v) is 9.66. The van der Waals surface area contributed by atoms with E-state index in [4.69, 9.17) is 4.74 Å². The van der Waals surface area contributed by atoms with E-state index in [0.717, 1.165) is 23.0 Å². The highest BCUT2D eigenvalue weighted by molar-refractivity contribution is 5.78. The number of hydrogen-bond donors (Lipinski definition) is 0. The Morgan fingerprint density at radius 1 is 1.00 bits per heavy atom. The number of hydrogen-bond acceptors (Lipinski definition) is 6. The smallest absolute Gasteiger partial charge is 0.260 e. The fraction of sp³-hybridized carbons (Fsp3) is 0.333. The molecule has 8 heteroatoms. The molecule has 1 amide bonds. The number of amides is 1. The molecule has 4 rings (SSSR count). The van der Waals surface area contributed by atoms with Gasteiger partial charge in [-0.05, 0) is 32.0 Å². The van der Waals surface area contributed by atoms with E-state index in [-0.39, 0.29) is 12.5 Å². The van der Waals surface area contributed by atoms with E-state index in [2.05, 4.69) is 20.0 Å². The monoisotopic (exact) mass is 392 g/mol. The fourth-order valence-corrected chi connectivity index (χ4v) is 3.42. The second-order valence-electron chi connectivity index (χ2n) is 7.04. The molecule has 1 aromatic carbocycles. The molecule has 29 heavy (non-hydrogen) atoms. The summed E-state index contributed by atoms with van der Waals surface area (Å²) in [7, 11) is 0. The number of carbonyl (C=O) groups is 1. The minimum absolute atomic E-state index is 0.000444. The molecule has 3 heterocycles. The van der Waals surface area contributed by atoms with Crippen LogP contribution in [0.2, 0.25) is 0 Å². The first-order chi connectivity index (χ1) is 14.1. The largest absolute Gasteiger partial charge is 0.484 e. The van der Waals surface area contributed by atoms with Crippen LogP contribution in [0, 0.1) is 13.8 Å². The van der Waals surface area contributed by atoms with Gasteiger partial charge in [-0.1, -0.05) is 18.2 Å². The van der Waals surface area contributed by atoms with Gasteiger partial charge in [-0.15, -0.1) is 0 Å². The Morgan fingerprint density at radius 2 is 1.72 bits per heavy atom. The lowest BCUT2D eigenvalue weighted by atomic mass is 10.3. The predicted octanol–water partition coefficient (Wildman–Crippen LogP) is 2.01. The van der Waals surface area contributed by atoms with Crippen molar-refractivity contribution in [3.8, 4) is 11.6 Å². The number of piperazine rings is 1. The Labute approximate surface area is 169 Å². The topological polar surface area (TPSA) is 76.4 Å². The molecule has 0 saturated carbocycles. The molecule has 150 valence electrons. The molecule has 1 saturated heterocycles. The molecule has 0 N–H and O–H groups in total. The van der Waals surface area contributed by atoms with Crippen LogP contribution in [0.1, 0.15) is 11.4 Å². The highest BCUT2D eigenvalue weighted by atomic mass is 16.5. The van der Waals surface area contributed by atoms with Crippen LogP contribution in [-0.2, 0) is 4.79 Å². The highest BCUT2D eigenvalue weighted by Crippen LogP contribution is 2.17. The minimum atomic E-state index is -0.000444. The minimum Gasteiger partial charge on any atom is -0.484 e. The molecule has 0 aliphatic carbocycles. The van der Waals surface area contributed by atoms with Crippen LogP contribution < -0.4 is 9.64 Å². The van der Waals surface area contributed by atoms with Crippen molar-refractivity contribution in [2.45, 2.75) is 13.8 Å². The summed E-state index contributed by atoms with van der Waals surface area (Å²) in [6, 6.07) is 13.4. The molecule has 1 aliphatic heterocycles. The molecule has 1 fully saturated rings. The molecule has 1 aliphatic rings. The van der Waals surface area contributed by atoms with Crippen molar-refractivity contribution in [2.75, 3.05) is 37.7 Å². The van der Waals surface area contributed by atoms with E-state index in [1.807, 2.05) is 65.9 Å². The standard InChI is InChI=1S/C21H24N6O2/c1-16-12-17(2)27(24-16)20-13-19(22-15-23-20)25-8-10-26(11-9-25)21(28)14-29-18-6-4-3-5-7-18/h3-7,12-13,15H,8-11,14H2,1-2H3. The summed E-state index contributed by atoms with van der Waals surface area (Å²) >= 11 is 0. The molecule has 0 atom stereocenters. The van der Waals surface area contributed by atoms with Gasteiger partial charge >= 0.3 is 0 Å². The number of anilines is 1. The second kappa shape index (κ2) is 8.30. The van der Waals surface area contributed by atoms with Crippen LogP contribution in [0.25, 0.3) is 5.82 Å². The normalized spacial score (nSPS) is 14.1. The third-order valence-corrected chi connectivity index (χ3v) is 4.93. The average Bonchev–Trinajstić information content (AvgIpc) is 3.11. The van der Waals surface area contributed by atoms with Gasteiger partial charge in [0.15, 0.2) is 12.4 Å². The Bertz CT molecular complexity index is 980. The van der Waals surface area contributed by atoms with Gasteiger partial charge in [0.2, 0.25) is 0 Å². The first-order valence-electron chi connectivity index (χ1n) is 9.66. The van der Waals surface area contributed by atoms with Crippen molar-refractivity contribution < 1.29 is 9.53 Å². The van der Waals surface area contributed by atoms with Crippen molar-refractivity contribution in [1.29, 1.82) is 0 Å². The summed E-state index contributed by atoms with van der Waals surface area (Å²) in [5.41, 5.74) is 1.98. The molecule has 2 aromatic heterocycles. The van der Waals surface area contributed by atoms with Gasteiger partial charge < -0.3 is 14.5 Å². The third-order valence-electron chi connectivity index (χ3n) is 4.93. The van der Waals surface area contributed by atoms with E-state index in [1.54, 1.807) is 6.33 Å². The molecular formula is C21H24N6O2. The summed E-state index contributed by atoms with van der Waals surface area (Å²) in [6.07, 6.45) is 1.56. The Morgan fingerprint density at radius 3 is 2.41 bits per heavy atom. The summed E-state index contributed by atoms with van der Waals surface area (Å²) < 4.78 is 7.40. The number of carbonyl (C=O) groups excluding carboxylic acids is 1. The number of aryl methyl sites for hydroxylation is 2. The maximum Gasteiger partial charge on any atom is 0.260 e. The summed E-state index contributed by atoms with van der Waals surface area (Å²) in [6.45, 7) is 6.72. The van der Waals surface area contributed by atoms with Gasteiger partial charge in [0.05, 0.1) is 5.69 Å². The van der Waals surface area contributed by atoms with Crippen LogP contribution in [0.3, 0.4) is 0 Å². The Kier molecular flexibility index (Phi) is 5.41. The maximum atomic E-state index is 12.4. The summed E-state index contributed by atoms with van der Waals surface area (Å²) in [4.78, 5) is 25.2. The van der Waals surface area contributed by atoms with E-state index in [9.17, 15) is 4.79 Å². The van der Waals surface area contributed by atoms with Gasteiger partial charge in [0, 0.05) is 37.9 Å². The Hall–Kier alpha value is -3.42. The fourth-order valence-electron chi connectivity index (χ4n) is 3.42. The van der Waals surface area contributed by atoms with Crippen LogP contribution in [-0.4, -0.2) is 63.3 Å². The molecule has 0 unspecified atom stereocenters. The number of aromatic nitrogens is 4. The maximum absolute atomic E-state index is 12.4. The lowest BCUT2D eigenvalue weighted by Crippen LogP contribution is -2.50. The van der Waals surface area contributed by atoms with E-state index in [0.29, 0.717) is 31.9 Å². The zero-order valence-electron chi connectivity index (χ0n) is 16.7. The van der Waals surface area contributed by atoms with Gasteiger partial charge in [-0.25, -0.2) is 14.6 Å². The van der Waals surface area contributed by atoms with Gasteiger partial charge in [0.25, 0.3) is 5.91 Å². The van der Waals surface area contributed by atoms with Crippen LogP contribution in [0.5, 0.6) is 5.75 Å². The first kappa shape index (κ1) is 18.9. The average molecular weight is 392 g/mol. The van der Waals surface area contributed by atoms with Crippen molar-refractivity contribution in [3.05, 3.63) is 60.2 Å². The van der Waals surface area contributed by atoms with Crippen molar-refractivity contribution >= 4 is 11.7 Å². The van der Waals surface area contributed by atoms with Crippen molar-refractivity contribution in [3.63, 3.8) is 0 Å². The molecule has 0 radical (unpaired) electrons. The van der Waals surface area contributed by atoms with Gasteiger partial charge in [0.1, 0.15) is 17.9 Å². The van der Waals surface area contributed by atoms with Crippen LogP contribution >= 0.6 is 0 Å². The molecule has 3 aromatic rings. The lowest BCUT2D eigenvalue weighted by Gasteiger charge is -2.35. The van der Waals surface area contributed by atoms with Crippen molar-refractivity contribution in [2.24, 2.45) is 0 Å². The van der Waals surface area contributed by atoms with Crippen LogP contribution in [0.15, 0.2) is 48.8 Å². The van der Waals surface area contributed by atoms with Gasteiger partial charge in [-0.3, -0.25) is 4.79 Å². The van der Waals surface area contributed by atoms with Crippen molar-refractivity contribution in [1.82, 2.24) is 24.6 Å². The Balaban J connectivity index is 1.35. The molecule has 8 nitrogen and oxygen atoms in total. The van der Waals surface area contributed by atoms with E-state index < -0.39 is 0 Å². The number of rotatable bonds is 5. The molecule has 0 spiro atoms. The van der Waals surface area contributed by atoms with E-state index >= 15 is 0 Å².